The van der Waals surface area contributed by atoms with Crippen molar-refractivity contribution in [3.8, 4) is 10.8 Å². The lowest BCUT2D eigenvalue weighted by Crippen LogP contribution is -2.29. The zero-order valence-electron chi connectivity index (χ0n) is 37.6. The number of aromatic nitrogens is 5. The minimum atomic E-state index is -0.484. The molecule has 1 aliphatic heterocycles. The van der Waals surface area contributed by atoms with Gasteiger partial charge >= 0.3 is 0 Å². The lowest BCUT2D eigenvalue weighted by Gasteiger charge is -2.18. The van der Waals surface area contributed by atoms with Crippen molar-refractivity contribution in [3.63, 3.8) is 0 Å². The number of ether oxygens (including phenoxy) is 3. The van der Waals surface area contributed by atoms with Crippen LogP contribution < -0.4 is 26.2 Å². The number of halogens is 1. The van der Waals surface area contributed by atoms with E-state index in [9.17, 15) is 19.2 Å². The maximum atomic E-state index is 12.9. The van der Waals surface area contributed by atoms with E-state index in [1.807, 2.05) is 68.5 Å². The van der Waals surface area contributed by atoms with E-state index in [1.54, 1.807) is 31.4 Å². The third-order valence-corrected chi connectivity index (χ3v) is 12.5. The molecule has 3 atom stereocenters. The largest absolute Gasteiger partial charge is 0.491 e. The summed E-state index contributed by atoms with van der Waals surface area (Å²) in [5.41, 5.74) is 6.67. The van der Waals surface area contributed by atoms with Gasteiger partial charge in [-0.15, -0.1) is 21.5 Å². The van der Waals surface area contributed by atoms with Gasteiger partial charge in [0.05, 0.1) is 50.4 Å². The van der Waals surface area contributed by atoms with Crippen LogP contribution in [0.2, 0.25) is 5.02 Å². The summed E-state index contributed by atoms with van der Waals surface area (Å²) in [6, 6.07) is 14.1. The van der Waals surface area contributed by atoms with Crippen LogP contribution >= 0.6 is 22.9 Å². The highest BCUT2D eigenvalue weighted by atomic mass is 35.5. The molecule has 1 aliphatic rings. The number of carbonyl (C=O) groups excluding carboxylic acids is 3. The van der Waals surface area contributed by atoms with Gasteiger partial charge in [-0.3, -0.25) is 29.3 Å². The van der Waals surface area contributed by atoms with Crippen LogP contribution in [-0.4, -0.2) is 94.5 Å². The molecule has 344 valence electrons. The van der Waals surface area contributed by atoms with Crippen molar-refractivity contribution in [2.75, 3.05) is 44.9 Å². The molecule has 16 nitrogen and oxygen atoms in total. The van der Waals surface area contributed by atoms with Gasteiger partial charge in [0.2, 0.25) is 12.3 Å². The molecule has 0 radical (unpaired) electrons. The molecule has 18 heteroatoms. The van der Waals surface area contributed by atoms with Crippen molar-refractivity contribution in [1.82, 2.24) is 35.2 Å². The second-order valence-corrected chi connectivity index (χ2v) is 17.4. The summed E-state index contributed by atoms with van der Waals surface area (Å²) >= 11 is 7.98. The minimum absolute atomic E-state index is 0.110. The van der Waals surface area contributed by atoms with Gasteiger partial charge in [-0.2, -0.15) is 5.10 Å². The van der Waals surface area contributed by atoms with Crippen molar-refractivity contribution in [2.24, 2.45) is 4.99 Å². The number of hydrogen-bond donors (Lipinski definition) is 3. The second kappa shape index (κ2) is 23.3. The van der Waals surface area contributed by atoms with E-state index in [4.69, 9.17) is 30.8 Å². The molecular formula is C47H56ClN9O7S. The van der Waals surface area contributed by atoms with Crippen LogP contribution in [-0.2, 0) is 23.9 Å². The molecule has 3 aromatic heterocycles. The molecule has 2 unspecified atom stereocenters. The molecule has 0 spiro atoms. The maximum Gasteiger partial charge on any atom is 0.270 e. The van der Waals surface area contributed by atoms with Gasteiger partial charge in [-0.05, 0) is 96.7 Å². The van der Waals surface area contributed by atoms with Gasteiger partial charge in [0.1, 0.15) is 35.5 Å². The number of anilines is 1. The van der Waals surface area contributed by atoms with Gasteiger partial charge in [0, 0.05) is 62.6 Å². The molecule has 0 bridgehead atoms. The molecule has 4 heterocycles. The Bertz CT molecular complexity index is 2570. The van der Waals surface area contributed by atoms with Gasteiger partial charge < -0.3 is 29.6 Å². The monoisotopic (exact) mass is 925 g/mol. The van der Waals surface area contributed by atoms with Crippen LogP contribution in [0.15, 0.2) is 70.2 Å². The second-order valence-electron chi connectivity index (χ2n) is 15.8. The highest BCUT2D eigenvalue weighted by Gasteiger charge is 2.31. The number of thiophene rings is 1. The zero-order valence-corrected chi connectivity index (χ0v) is 39.1. The lowest BCUT2D eigenvalue weighted by atomic mass is 9.99. The first-order chi connectivity index (χ1) is 31.4. The molecule has 0 saturated heterocycles. The number of nitrogens with zero attached hydrogens (tertiary/aromatic N) is 6. The number of allylic oxidation sites excluding steroid dienone is 1. The van der Waals surface area contributed by atoms with Crippen LogP contribution in [0.4, 0.5) is 5.69 Å². The summed E-state index contributed by atoms with van der Waals surface area (Å²) in [6.07, 6.45) is 6.30. The molecule has 5 aromatic rings. The predicted octanol–water partition coefficient (Wildman–Crippen LogP) is 6.80. The van der Waals surface area contributed by atoms with Crippen LogP contribution in [0, 0.1) is 27.7 Å². The van der Waals surface area contributed by atoms with E-state index in [0.29, 0.717) is 87.2 Å². The molecule has 65 heavy (non-hydrogen) atoms. The Morgan fingerprint density at radius 2 is 1.72 bits per heavy atom. The van der Waals surface area contributed by atoms with Crippen LogP contribution in [0.1, 0.15) is 96.0 Å². The van der Waals surface area contributed by atoms with Gasteiger partial charge in [-0.25, -0.2) is 4.68 Å². The van der Waals surface area contributed by atoms with Gasteiger partial charge in [0.15, 0.2) is 5.82 Å². The summed E-state index contributed by atoms with van der Waals surface area (Å²) < 4.78 is 20.8. The van der Waals surface area contributed by atoms with Crippen LogP contribution in [0.25, 0.3) is 11.1 Å². The Morgan fingerprint density at radius 1 is 0.969 bits per heavy atom. The Labute approximate surface area is 387 Å². The maximum absolute atomic E-state index is 12.9. The number of carbonyl (C=O) groups is 3. The van der Waals surface area contributed by atoms with E-state index in [1.165, 1.54) is 9.56 Å². The zero-order chi connectivity index (χ0) is 46.5. The first-order valence-electron chi connectivity index (χ1n) is 21.6. The van der Waals surface area contributed by atoms with Crippen molar-refractivity contribution in [2.45, 2.75) is 85.4 Å². The molecule has 6 rings (SSSR count). The average molecular weight is 927 g/mol. The fraction of sp³-hybridized carbons (Fsp3) is 0.404. The number of aldehydes is 1. The molecule has 0 aliphatic carbocycles. The topological polar surface area (TPSA) is 193 Å². The van der Waals surface area contributed by atoms with E-state index in [2.05, 4.69) is 49.7 Å². The normalized spacial score (nSPS) is 14.4. The number of nitrogens with one attached hydrogen (secondary N) is 3. The van der Waals surface area contributed by atoms with Crippen molar-refractivity contribution in [1.29, 1.82) is 0 Å². The van der Waals surface area contributed by atoms with Crippen LogP contribution in [0.3, 0.4) is 0 Å². The number of amides is 2. The molecule has 0 saturated carbocycles. The highest BCUT2D eigenvalue weighted by molar-refractivity contribution is 7.15. The average Bonchev–Trinajstić information content (AvgIpc) is 3.77. The molecule has 3 N–H and O–H groups in total. The minimum Gasteiger partial charge on any atom is -0.491 e. The van der Waals surface area contributed by atoms with E-state index < -0.39 is 11.9 Å². The number of benzene rings is 2. The fourth-order valence-electron chi connectivity index (χ4n) is 7.36. The number of rotatable bonds is 24. The first kappa shape index (κ1) is 48.4. The van der Waals surface area contributed by atoms with Crippen molar-refractivity contribution in [3.05, 3.63) is 120 Å². The Morgan fingerprint density at radius 3 is 2.48 bits per heavy atom. The summed E-state index contributed by atoms with van der Waals surface area (Å²) in [4.78, 5) is 54.0. The third kappa shape index (κ3) is 12.6. The summed E-state index contributed by atoms with van der Waals surface area (Å²) in [5.74, 6) is 1.78. The van der Waals surface area contributed by atoms with Crippen molar-refractivity contribution < 1.29 is 28.6 Å². The van der Waals surface area contributed by atoms with Gasteiger partial charge in [-0.1, -0.05) is 29.8 Å². The number of hydrogen-bond acceptors (Lipinski definition) is 14. The first-order valence-corrected chi connectivity index (χ1v) is 22.8. The molecule has 2 amide bonds. The predicted molar refractivity (Wildman–Crippen MR) is 253 cm³/mol. The van der Waals surface area contributed by atoms with E-state index in [0.717, 1.165) is 56.7 Å². The number of aryl methyl sites for hydroxylation is 2. The smallest absolute Gasteiger partial charge is 0.270 e. The Hall–Kier alpha value is -6.01. The molecular weight excluding hydrogens is 870 g/mol. The lowest BCUT2D eigenvalue weighted by molar-refractivity contribution is -0.125. The van der Waals surface area contributed by atoms with E-state index >= 15 is 0 Å². The summed E-state index contributed by atoms with van der Waals surface area (Å²) in [6.45, 7) is 14.2. The van der Waals surface area contributed by atoms with Crippen LogP contribution in [0.5, 0.6) is 5.75 Å². The quantitative estimate of drug-likeness (QED) is 0.0434. The Kier molecular flexibility index (Phi) is 17.3. The number of imide groups is 1. The highest BCUT2D eigenvalue weighted by Crippen LogP contribution is 2.40. The van der Waals surface area contributed by atoms with Crippen molar-refractivity contribution >= 4 is 59.0 Å². The fourth-order valence-corrected chi connectivity index (χ4v) is 8.70. The summed E-state index contributed by atoms with van der Waals surface area (Å²) in [5, 5.41) is 23.8. The Balaban J connectivity index is 0.917. The molecule has 2 aromatic carbocycles. The standard InChI is InChI=1S/C47H56ClN9O7S/c1-29(24-36-26-51-57(46(61)32(36)4)30(2)10-17-42(60)50-28-59)49-18-19-62-20-21-63-22-23-64-40-9-7-8-38(25-40)52-39(27-58)15-16-41-45-55-54-34(6)56(45)47-43(31(3)33(5)65-47)44(53-41)35-11-13-37(48)14-12-35/h7-9,11-14,24-28,30,39,41,49,52H,10,15-23H2,1-6H3,(H,50,59,60)/b29-24+/t30?,39?,41-/m0/s1. The van der Waals surface area contributed by atoms with Gasteiger partial charge in [0.25, 0.3) is 5.56 Å². The SMILES string of the molecule is C/C(=C\c1cnn(C(C)CCC(=O)NC=O)c(=O)c1C)NCCOCCOCCOc1cccc(NC(C=O)CC[C@@H]2N=C(c3ccc(Cl)cc3)c3c(sc(C)c3C)-n3c(C)nnc32)c1. The molecule has 0 fully saturated rings. The number of aliphatic imine (C=N–C) groups is 1. The number of fused-ring (bicyclic) bond motifs is 3. The summed E-state index contributed by atoms with van der Waals surface area (Å²) in [7, 11) is 0. The third-order valence-electron chi connectivity index (χ3n) is 11.1. The van der Waals surface area contributed by atoms with E-state index in [-0.39, 0.29) is 24.1 Å².